The molecule has 0 atom stereocenters. The summed E-state index contributed by atoms with van der Waals surface area (Å²) >= 11 is 0. The zero-order valence-electron chi connectivity index (χ0n) is 34.8. The Kier molecular flexibility index (Phi) is 9.97. The minimum atomic E-state index is -1.08. The summed E-state index contributed by atoms with van der Waals surface area (Å²) in [6, 6.07) is 59.5. The van der Waals surface area contributed by atoms with Crippen molar-refractivity contribution in [1.82, 2.24) is 0 Å². The number of rotatable bonds is 10. The van der Waals surface area contributed by atoms with Crippen LogP contribution >= 0.6 is 0 Å². The monoisotopic (exact) mass is 788 g/mol. The van der Waals surface area contributed by atoms with E-state index in [0.717, 1.165) is 72.3 Å². The molecule has 0 aromatic heterocycles. The third kappa shape index (κ3) is 6.98. The van der Waals surface area contributed by atoms with E-state index < -0.39 is 5.41 Å². The maximum absolute atomic E-state index is 14.8. The zero-order chi connectivity index (χ0) is 42.4. The van der Waals surface area contributed by atoms with E-state index in [-0.39, 0.29) is 17.3 Å². The predicted octanol–water partition coefficient (Wildman–Crippen LogP) is 13.0. The normalized spacial score (nSPS) is 12.3. The van der Waals surface area contributed by atoms with Gasteiger partial charge in [-0.25, -0.2) is 0 Å². The Morgan fingerprint density at radius 2 is 0.672 bits per heavy atom. The highest BCUT2D eigenvalue weighted by Crippen LogP contribution is 2.57. The molecule has 0 saturated heterocycles. The SMILES string of the molecule is C=C(c1cccc(C)c1)c1cc(C(=O)c2cccc(C)c2)cc(C2(c3cc(C(=O)c4cccc(C)c4)cc(C(=O)c4cccc(C)c4)c3)c3ccccc3-c3ccccc32)c1. The van der Waals surface area contributed by atoms with E-state index in [0.29, 0.717) is 33.4 Å². The van der Waals surface area contributed by atoms with Gasteiger partial charge in [0.1, 0.15) is 0 Å². The first kappa shape index (κ1) is 39.0. The summed E-state index contributed by atoms with van der Waals surface area (Å²) in [5, 5.41) is 0. The molecule has 1 aliphatic carbocycles. The van der Waals surface area contributed by atoms with Crippen molar-refractivity contribution < 1.29 is 14.4 Å². The van der Waals surface area contributed by atoms with Crippen LogP contribution in [0.3, 0.4) is 0 Å². The minimum absolute atomic E-state index is 0.114. The molecule has 61 heavy (non-hydrogen) atoms. The van der Waals surface area contributed by atoms with Crippen LogP contribution in [-0.2, 0) is 5.41 Å². The molecule has 294 valence electrons. The average Bonchev–Trinajstić information content (AvgIpc) is 3.59. The molecule has 8 aromatic carbocycles. The highest BCUT2D eigenvalue weighted by Gasteiger charge is 2.47. The molecule has 0 N–H and O–H groups in total. The standard InChI is InChI=1S/C58H44O3/c1-36-14-10-18-41(26-36)40(5)45-30-46(55(59)42-19-11-15-37(2)27-42)33-49(32-45)58(53-24-8-6-22-51(53)52-23-7-9-25-54(52)58)50-34-47(56(60)43-20-12-16-38(3)28-43)31-48(35-50)57(61)44-21-13-17-39(4)29-44/h6-35H,5H2,1-4H3. The molecule has 9 rings (SSSR count). The summed E-state index contributed by atoms with van der Waals surface area (Å²) in [7, 11) is 0. The minimum Gasteiger partial charge on any atom is -0.289 e. The lowest BCUT2D eigenvalue weighted by molar-refractivity contribution is 0.102. The molecule has 0 amide bonds. The van der Waals surface area contributed by atoms with Crippen LogP contribution in [0.5, 0.6) is 0 Å². The van der Waals surface area contributed by atoms with Crippen molar-refractivity contribution >= 4 is 22.9 Å². The number of carbonyl (C=O) groups excluding carboxylic acids is 3. The van der Waals surface area contributed by atoms with Crippen LogP contribution in [0.2, 0.25) is 0 Å². The van der Waals surface area contributed by atoms with Crippen molar-refractivity contribution in [2.45, 2.75) is 33.1 Å². The van der Waals surface area contributed by atoms with Gasteiger partial charge >= 0.3 is 0 Å². The van der Waals surface area contributed by atoms with Gasteiger partial charge in [0.15, 0.2) is 17.3 Å². The average molecular weight is 789 g/mol. The Morgan fingerprint density at radius 1 is 0.344 bits per heavy atom. The van der Waals surface area contributed by atoms with E-state index in [1.807, 2.05) is 154 Å². The van der Waals surface area contributed by atoms with Crippen molar-refractivity contribution in [2.24, 2.45) is 0 Å². The highest BCUT2D eigenvalue weighted by molar-refractivity contribution is 6.14. The number of hydrogen-bond acceptors (Lipinski definition) is 3. The molecule has 0 unspecified atom stereocenters. The number of carbonyl (C=O) groups is 3. The molecule has 0 bridgehead atoms. The lowest BCUT2D eigenvalue weighted by atomic mass is 9.66. The van der Waals surface area contributed by atoms with Crippen LogP contribution in [0.4, 0.5) is 0 Å². The van der Waals surface area contributed by atoms with Gasteiger partial charge in [-0.3, -0.25) is 14.4 Å². The zero-order valence-corrected chi connectivity index (χ0v) is 34.8. The fourth-order valence-corrected chi connectivity index (χ4v) is 9.14. The molecular weight excluding hydrogens is 745 g/mol. The molecule has 8 aromatic rings. The van der Waals surface area contributed by atoms with Crippen molar-refractivity contribution in [3.05, 3.63) is 278 Å². The van der Waals surface area contributed by atoms with Crippen molar-refractivity contribution in [2.75, 3.05) is 0 Å². The highest BCUT2D eigenvalue weighted by atomic mass is 16.1. The summed E-state index contributed by atoms with van der Waals surface area (Å²) in [6.07, 6.45) is 0. The first-order valence-corrected chi connectivity index (χ1v) is 20.6. The Labute approximate surface area is 357 Å². The molecular formula is C58H44O3. The Bertz CT molecular complexity index is 2750. The van der Waals surface area contributed by atoms with E-state index in [9.17, 15) is 14.4 Å². The maximum Gasteiger partial charge on any atom is 0.193 e. The van der Waals surface area contributed by atoms with Crippen LogP contribution in [0.25, 0.3) is 16.7 Å². The lowest BCUT2D eigenvalue weighted by Crippen LogP contribution is -2.30. The Morgan fingerprint density at radius 3 is 1.07 bits per heavy atom. The summed E-state index contributed by atoms with van der Waals surface area (Å²) in [5.74, 6) is -0.483. The molecule has 1 aliphatic rings. The Balaban J connectivity index is 1.39. The molecule has 0 aliphatic heterocycles. The molecule has 0 radical (unpaired) electrons. The predicted molar refractivity (Wildman–Crippen MR) is 247 cm³/mol. The van der Waals surface area contributed by atoms with Gasteiger partial charge in [0, 0.05) is 33.4 Å². The first-order chi connectivity index (χ1) is 29.5. The number of aryl methyl sites for hydroxylation is 4. The van der Waals surface area contributed by atoms with E-state index in [1.54, 1.807) is 6.07 Å². The van der Waals surface area contributed by atoms with Gasteiger partial charge in [-0.05, 0) is 132 Å². The quantitative estimate of drug-likeness (QED) is 0.130. The van der Waals surface area contributed by atoms with Crippen LogP contribution in [0.15, 0.2) is 189 Å². The number of hydrogen-bond donors (Lipinski definition) is 0. The fourth-order valence-electron chi connectivity index (χ4n) is 9.14. The van der Waals surface area contributed by atoms with Crippen LogP contribution < -0.4 is 0 Å². The van der Waals surface area contributed by atoms with Gasteiger partial charge in [0.25, 0.3) is 0 Å². The second-order valence-electron chi connectivity index (χ2n) is 16.4. The van der Waals surface area contributed by atoms with Crippen LogP contribution in [0, 0.1) is 27.7 Å². The number of benzene rings is 8. The fraction of sp³-hybridized carbons (Fsp3) is 0.0862. The molecule has 3 heteroatoms. The van der Waals surface area contributed by atoms with E-state index in [4.69, 9.17) is 0 Å². The number of ketones is 3. The lowest BCUT2D eigenvalue weighted by Gasteiger charge is -2.35. The molecule has 0 spiro atoms. The molecule has 0 heterocycles. The largest absolute Gasteiger partial charge is 0.289 e. The van der Waals surface area contributed by atoms with E-state index in [1.165, 1.54) is 0 Å². The van der Waals surface area contributed by atoms with Gasteiger partial charge in [0.2, 0.25) is 0 Å². The van der Waals surface area contributed by atoms with Gasteiger partial charge in [0.05, 0.1) is 5.41 Å². The van der Waals surface area contributed by atoms with E-state index in [2.05, 4.69) is 56.0 Å². The molecule has 0 saturated carbocycles. The van der Waals surface area contributed by atoms with Gasteiger partial charge in [-0.1, -0.05) is 156 Å². The number of fused-ring (bicyclic) bond motifs is 3. The third-order valence-corrected chi connectivity index (χ3v) is 12.0. The summed E-state index contributed by atoms with van der Waals surface area (Å²) in [4.78, 5) is 44.3. The van der Waals surface area contributed by atoms with Crippen LogP contribution in [-0.4, -0.2) is 17.3 Å². The third-order valence-electron chi connectivity index (χ3n) is 12.0. The second-order valence-corrected chi connectivity index (χ2v) is 16.4. The molecule has 0 fully saturated rings. The Hall–Kier alpha value is -7.49. The van der Waals surface area contributed by atoms with Crippen molar-refractivity contribution in [3.63, 3.8) is 0 Å². The van der Waals surface area contributed by atoms with Crippen molar-refractivity contribution in [1.29, 1.82) is 0 Å². The summed E-state index contributed by atoms with van der Waals surface area (Å²) in [6.45, 7) is 12.6. The van der Waals surface area contributed by atoms with Gasteiger partial charge in [-0.2, -0.15) is 0 Å². The van der Waals surface area contributed by atoms with Crippen LogP contribution in [0.1, 0.15) is 103 Å². The smallest absolute Gasteiger partial charge is 0.193 e. The first-order valence-electron chi connectivity index (χ1n) is 20.6. The van der Waals surface area contributed by atoms with Gasteiger partial charge < -0.3 is 0 Å². The summed E-state index contributed by atoms with van der Waals surface area (Å²) in [5.41, 5.74) is 14.0. The molecule has 3 nitrogen and oxygen atoms in total. The maximum atomic E-state index is 14.8. The van der Waals surface area contributed by atoms with E-state index >= 15 is 0 Å². The summed E-state index contributed by atoms with van der Waals surface area (Å²) < 4.78 is 0. The second kappa shape index (κ2) is 15.6. The topological polar surface area (TPSA) is 51.2 Å². The van der Waals surface area contributed by atoms with Crippen molar-refractivity contribution in [3.8, 4) is 11.1 Å². The van der Waals surface area contributed by atoms with Gasteiger partial charge in [-0.15, -0.1) is 0 Å².